The number of fused-ring (bicyclic) bond motifs is 3. The van der Waals surface area contributed by atoms with Gasteiger partial charge < -0.3 is 28.8 Å². The number of aliphatic hydroxyl groups is 1. The standard InChI is InChI=1S/C34H44F6O10/c1-16-4-7-20(21-13-44-18(3)6-8-19(16)21)22(29(43)33(35,36)37)14-45-26(41)12-27(42)46-15-23-25-9-5-17(2)24-10-11-28-47-31(32(24,25)50-49-28)48-30(23)34(38,39)40/h16-21,24-25,28,31,43H,4-15H2,1-3H3/b29-22-/t16-,17-,18+,19?,20-,21?,24?,25+,28-,31+,32-/m1/s1. The molecule has 7 rings (SSSR count). The molecule has 0 radical (unpaired) electrons. The fourth-order valence-corrected chi connectivity index (χ4v) is 9.34. The SMILES string of the molecule is C[C@@H]1CC[C@@H](/C(COC(=O)CC(=O)OCC2=C(C(F)(F)F)O[C@@H]3O[C@H]4CCC5[C@H](C)CC[C@@H]2[C@]53OO4)=C(\O)C(F)(F)F)C2CO[C@@H](C)CCC21. The van der Waals surface area contributed by atoms with Crippen molar-refractivity contribution in [2.75, 3.05) is 19.8 Å². The molecule has 5 aliphatic heterocycles. The lowest BCUT2D eigenvalue weighted by Crippen LogP contribution is -2.66. The summed E-state index contributed by atoms with van der Waals surface area (Å²) in [6.45, 7) is 4.25. The second-order valence-electron chi connectivity index (χ2n) is 14.8. The molecule has 11 atom stereocenters. The second kappa shape index (κ2) is 14.1. The first-order valence-electron chi connectivity index (χ1n) is 17.4. The molecule has 6 fully saturated rings. The van der Waals surface area contributed by atoms with E-state index in [2.05, 4.69) is 0 Å². The number of allylic oxidation sites excluding steroid dienone is 2. The van der Waals surface area contributed by atoms with Crippen molar-refractivity contribution in [3.05, 3.63) is 22.7 Å². The first-order valence-corrected chi connectivity index (χ1v) is 17.4. The maximum Gasteiger partial charge on any atom is 0.449 e. The van der Waals surface area contributed by atoms with Gasteiger partial charge in [0.2, 0.25) is 17.8 Å². The van der Waals surface area contributed by atoms with Crippen molar-refractivity contribution in [3.63, 3.8) is 0 Å². The molecule has 10 nitrogen and oxygen atoms in total. The van der Waals surface area contributed by atoms with Gasteiger partial charge in [0.1, 0.15) is 19.6 Å². The van der Waals surface area contributed by atoms with E-state index < -0.39 is 91.0 Å². The molecule has 0 aromatic carbocycles. The molecular formula is C34H44F6O10. The van der Waals surface area contributed by atoms with E-state index >= 15 is 0 Å². The minimum absolute atomic E-state index is 0.0362. The van der Waals surface area contributed by atoms with E-state index in [1.54, 1.807) is 0 Å². The van der Waals surface area contributed by atoms with Crippen LogP contribution in [0.3, 0.4) is 0 Å². The molecule has 2 saturated carbocycles. The third kappa shape index (κ3) is 7.10. The number of ether oxygens (including phenoxy) is 5. The number of carbonyl (C=O) groups excluding carboxylic acids is 2. The maximum atomic E-state index is 14.3. The first-order chi connectivity index (χ1) is 23.5. The summed E-state index contributed by atoms with van der Waals surface area (Å²) in [4.78, 5) is 36.8. The molecule has 0 aromatic rings. The van der Waals surface area contributed by atoms with Crippen LogP contribution in [0, 0.1) is 41.4 Å². The van der Waals surface area contributed by atoms with E-state index in [1.165, 1.54) is 0 Å². The Bertz CT molecular complexity index is 1360. The molecule has 50 heavy (non-hydrogen) atoms. The quantitative estimate of drug-likeness (QED) is 0.0968. The summed E-state index contributed by atoms with van der Waals surface area (Å²) in [6, 6.07) is 0. The van der Waals surface area contributed by atoms with E-state index in [9.17, 15) is 41.0 Å². The summed E-state index contributed by atoms with van der Waals surface area (Å²) in [6.07, 6.45) is -9.46. The highest BCUT2D eigenvalue weighted by Gasteiger charge is 2.68. The minimum atomic E-state index is -5.12. The van der Waals surface area contributed by atoms with E-state index in [4.69, 9.17) is 33.5 Å². The molecule has 3 unspecified atom stereocenters. The van der Waals surface area contributed by atoms with Crippen molar-refractivity contribution in [1.82, 2.24) is 0 Å². The van der Waals surface area contributed by atoms with Gasteiger partial charge in [-0.2, -0.15) is 26.3 Å². The van der Waals surface area contributed by atoms with Crippen molar-refractivity contribution >= 4 is 11.9 Å². The van der Waals surface area contributed by atoms with Crippen LogP contribution < -0.4 is 0 Å². The molecule has 1 spiro atoms. The number of aliphatic hydroxyl groups excluding tert-OH is 1. The average Bonchev–Trinajstić information content (AvgIpc) is 3.43. The van der Waals surface area contributed by atoms with E-state index in [0.717, 1.165) is 12.8 Å². The highest BCUT2D eigenvalue weighted by Crippen LogP contribution is 2.60. The molecular weight excluding hydrogens is 682 g/mol. The third-order valence-electron chi connectivity index (χ3n) is 11.9. The summed E-state index contributed by atoms with van der Waals surface area (Å²) in [7, 11) is 0. The minimum Gasteiger partial charge on any atom is -0.504 e. The molecule has 282 valence electrons. The Hall–Kier alpha value is -2.56. The Kier molecular flexibility index (Phi) is 10.5. The van der Waals surface area contributed by atoms with Crippen molar-refractivity contribution < 1.29 is 74.5 Å². The lowest BCUT2D eigenvalue weighted by molar-refractivity contribution is -0.528. The first kappa shape index (κ1) is 37.2. The van der Waals surface area contributed by atoms with Crippen LogP contribution >= 0.6 is 0 Å². The van der Waals surface area contributed by atoms with Crippen LogP contribution in [0.5, 0.6) is 0 Å². The van der Waals surface area contributed by atoms with Crippen molar-refractivity contribution in [1.29, 1.82) is 0 Å². The largest absolute Gasteiger partial charge is 0.504 e. The fraction of sp³-hybridized carbons (Fsp3) is 0.824. The average molecular weight is 727 g/mol. The van der Waals surface area contributed by atoms with E-state index in [1.807, 2.05) is 20.8 Å². The number of hydrogen-bond acceptors (Lipinski definition) is 10. The summed E-state index contributed by atoms with van der Waals surface area (Å²) < 4.78 is 112. The van der Waals surface area contributed by atoms with Crippen molar-refractivity contribution in [3.8, 4) is 0 Å². The Morgan fingerprint density at radius 1 is 0.880 bits per heavy atom. The summed E-state index contributed by atoms with van der Waals surface area (Å²) >= 11 is 0. The second-order valence-corrected chi connectivity index (χ2v) is 14.8. The van der Waals surface area contributed by atoms with E-state index in [-0.39, 0.29) is 54.3 Å². The topological polar surface area (TPSA) is 119 Å². The van der Waals surface area contributed by atoms with Crippen molar-refractivity contribution in [2.45, 2.75) is 115 Å². The van der Waals surface area contributed by atoms with Crippen LogP contribution in [0.1, 0.15) is 78.6 Å². The molecule has 7 aliphatic rings. The van der Waals surface area contributed by atoms with Gasteiger partial charge in [0.05, 0.1) is 12.7 Å². The maximum absolute atomic E-state index is 14.3. The Balaban J connectivity index is 1.15. The normalized spacial score (nSPS) is 39.2. The Morgan fingerprint density at radius 2 is 1.60 bits per heavy atom. The van der Waals surface area contributed by atoms with Gasteiger partial charge in [-0.1, -0.05) is 13.8 Å². The highest BCUT2D eigenvalue weighted by molar-refractivity contribution is 5.91. The lowest BCUT2D eigenvalue weighted by Gasteiger charge is -2.56. The van der Waals surface area contributed by atoms with Crippen LogP contribution in [-0.4, -0.2) is 73.5 Å². The molecule has 1 N–H and O–H groups in total. The van der Waals surface area contributed by atoms with Crippen molar-refractivity contribution in [2.24, 2.45) is 41.4 Å². The van der Waals surface area contributed by atoms with Crippen LogP contribution in [0.4, 0.5) is 26.3 Å². The smallest absolute Gasteiger partial charge is 0.449 e. The number of rotatable bonds is 7. The Morgan fingerprint density at radius 3 is 2.32 bits per heavy atom. The van der Waals surface area contributed by atoms with Gasteiger partial charge in [-0.25, -0.2) is 9.78 Å². The van der Waals surface area contributed by atoms with Crippen LogP contribution in [0.2, 0.25) is 0 Å². The summed E-state index contributed by atoms with van der Waals surface area (Å²) in [5.74, 6) is -7.82. The van der Waals surface area contributed by atoms with Gasteiger partial charge in [-0.05, 0) is 81.5 Å². The number of hydrogen-bond donors (Lipinski definition) is 1. The number of alkyl halides is 6. The molecule has 4 saturated heterocycles. The zero-order chi connectivity index (χ0) is 36.2. The van der Waals surface area contributed by atoms with Gasteiger partial charge >= 0.3 is 24.3 Å². The monoisotopic (exact) mass is 726 g/mol. The predicted molar refractivity (Wildman–Crippen MR) is 158 cm³/mol. The fourth-order valence-electron chi connectivity index (χ4n) is 9.34. The van der Waals surface area contributed by atoms with Gasteiger partial charge in [0, 0.05) is 29.4 Å². The summed E-state index contributed by atoms with van der Waals surface area (Å²) in [5, 5.41) is 10.3. The summed E-state index contributed by atoms with van der Waals surface area (Å²) in [5.41, 5.74) is -2.31. The highest BCUT2D eigenvalue weighted by atomic mass is 19.4. The van der Waals surface area contributed by atoms with Gasteiger partial charge in [-0.3, -0.25) is 9.59 Å². The molecule has 2 aliphatic carbocycles. The number of carbonyl (C=O) groups is 2. The van der Waals surface area contributed by atoms with Gasteiger partial charge in [-0.15, -0.1) is 0 Å². The Labute approximate surface area is 285 Å². The zero-order valence-corrected chi connectivity index (χ0v) is 28.1. The molecule has 16 heteroatoms. The van der Waals surface area contributed by atoms with Crippen LogP contribution in [0.15, 0.2) is 22.7 Å². The third-order valence-corrected chi connectivity index (χ3v) is 11.9. The molecule has 5 heterocycles. The van der Waals surface area contributed by atoms with Gasteiger partial charge in [0.15, 0.2) is 11.9 Å². The molecule has 0 aromatic heterocycles. The number of esters is 2. The number of halogens is 6. The zero-order valence-electron chi connectivity index (χ0n) is 28.1. The van der Waals surface area contributed by atoms with Gasteiger partial charge in [0.25, 0.3) is 0 Å². The van der Waals surface area contributed by atoms with E-state index in [0.29, 0.717) is 32.1 Å². The molecule has 0 amide bonds. The predicted octanol–water partition coefficient (Wildman–Crippen LogP) is 6.99. The lowest BCUT2D eigenvalue weighted by atomic mass is 9.59. The van der Waals surface area contributed by atoms with Crippen LogP contribution in [-0.2, 0) is 43.0 Å². The van der Waals surface area contributed by atoms with Crippen LogP contribution in [0.25, 0.3) is 0 Å². The molecule has 2 bridgehead atoms.